The fourth-order valence-electron chi connectivity index (χ4n) is 1.36. The summed E-state index contributed by atoms with van der Waals surface area (Å²) in [5.74, 6) is -0.774. The zero-order valence-electron chi connectivity index (χ0n) is 6.60. The van der Waals surface area contributed by atoms with Crippen LogP contribution < -0.4 is 10.8 Å². The van der Waals surface area contributed by atoms with Crippen LogP contribution in [0.15, 0.2) is 12.1 Å². The lowest BCUT2D eigenvalue weighted by atomic mass is 10.1. The molecule has 0 aliphatic carbocycles. The molecular formula is C8H7FN2O2. The standard InChI is InChI=1S/C8H7FN2O2/c9-6-3-5(11-13)1-4-2-7(12)10-8(4)6/h1,3,11,13H,2H2,(H,10,12). The van der Waals surface area contributed by atoms with Crippen molar-refractivity contribution in [3.8, 4) is 0 Å². The lowest BCUT2D eigenvalue weighted by Crippen LogP contribution is -2.04. The highest BCUT2D eigenvalue weighted by atomic mass is 19.1. The Kier molecular flexibility index (Phi) is 1.66. The molecule has 0 saturated heterocycles. The van der Waals surface area contributed by atoms with E-state index in [-0.39, 0.29) is 23.7 Å². The molecule has 1 amide bonds. The van der Waals surface area contributed by atoms with Gasteiger partial charge in [0.2, 0.25) is 5.91 Å². The van der Waals surface area contributed by atoms with Crippen molar-refractivity contribution < 1.29 is 14.4 Å². The second-order valence-corrected chi connectivity index (χ2v) is 2.83. The number of carbonyl (C=O) groups excluding carboxylic acids is 1. The number of amides is 1. The molecule has 1 aliphatic rings. The lowest BCUT2D eigenvalue weighted by Gasteiger charge is -2.03. The van der Waals surface area contributed by atoms with Gasteiger partial charge >= 0.3 is 0 Å². The molecule has 2 rings (SSSR count). The maximum atomic E-state index is 13.1. The molecule has 1 aromatic carbocycles. The van der Waals surface area contributed by atoms with Crippen LogP contribution in [0, 0.1) is 5.82 Å². The number of hydrogen-bond acceptors (Lipinski definition) is 3. The van der Waals surface area contributed by atoms with Crippen LogP contribution in [0.1, 0.15) is 5.56 Å². The summed E-state index contributed by atoms with van der Waals surface area (Å²) >= 11 is 0. The first kappa shape index (κ1) is 8.00. The molecule has 0 saturated carbocycles. The summed E-state index contributed by atoms with van der Waals surface area (Å²) < 4.78 is 13.1. The monoisotopic (exact) mass is 182 g/mol. The molecule has 4 nitrogen and oxygen atoms in total. The molecule has 1 aromatic rings. The molecule has 1 aliphatic heterocycles. The Bertz CT molecular complexity index is 379. The van der Waals surface area contributed by atoms with Gasteiger partial charge in [-0.1, -0.05) is 0 Å². The molecular weight excluding hydrogens is 175 g/mol. The van der Waals surface area contributed by atoms with E-state index in [1.807, 2.05) is 5.48 Å². The van der Waals surface area contributed by atoms with Gasteiger partial charge in [-0.15, -0.1) is 0 Å². The molecule has 0 atom stereocenters. The molecule has 0 aromatic heterocycles. The number of anilines is 2. The number of hydrogen-bond donors (Lipinski definition) is 3. The van der Waals surface area contributed by atoms with Crippen LogP contribution in [0.3, 0.4) is 0 Å². The topological polar surface area (TPSA) is 61.4 Å². The molecule has 5 heteroatoms. The fraction of sp³-hybridized carbons (Fsp3) is 0.125. The highest BCUT2D eigenvalue weighted by molar-refractivity contribution is 5.99. The van der Waals surface area contributed by atoms with Crippen LogP contribution in [0.4, 0.5) is 15.8 Å². The van der Waals surface area contributed by atoms with E-state index < -0.39 is 5.82 Å². The van der Waals surface area contributed by atoms with Gasteiger partial charge in [0.05, 0.1) is 17.8 Å². The Hall–Kier alpha value is -1.62. The van der Waals surface area contributed by atoms with Crippen molar-refractivity contribution in [3.63, 3.8) is 0 Å². The van der Waals surface area contributed by atoms with Crippen molar-refractivity contribution in [1.82, 2.24) is 0 Å². The molecule has 0 radical (unpaired) electrons. The normalized spacial score (nSPS) is 13.8. The van der Waals surface area contributed by atoms with Gasteiger partial charge in [-0.05, 0) is 11.6 Å². The second-order valence-electron chi connectivity index (χ2n) is 2.83. The Morgan fingerprint density at radius 3 is 3.00 bits per heavy atom. The Labute approximate surface area is 73.3 Å². The first-order chi connectivity index (χ1) is 6.20. The van der Waals surface area contributed by atoms with E-state index in [9.17, 15) is 9.18 Å². The van der Waals surface area contributed by atoms with Gasteiger partial charge in [0.15, 0.2) is 0 Å². The predicted molar refractivity (Wildman–Crippen MR) is 44.1 cm³/mol. The molecule has 0 spiro atoms. The van der Waals surface area contributed by atoms with E-state index in [0.29, 0.717) is 5.56 Å². The van der Waals surface area contributed by atoms with E-state index in [1.165, 1.54) is 6.07 Å². The van der Waals surface area contributed by atoms with E-state index in [0.717, 1.165) is 6.07 Å². The molecule has 13 heavy (non-hydrogen) atoms. The minimum Gasteiger partial charge on any atom is -0.323 e. The molecule has 1 heterocycles. The number of halogens is 1. The van der Waals surface area contributed by atoms with Gasteiger partial charge in [0, 0.05) is 6.07 Å². The first-order valence-corrected chi connectivity index (χ1v) is 3.73. The quantitative estimate of drug-likeness (QED) is 0.570. The maximum Gasteiger partial charge on any atom is 0.228 e. The van der Waals surface area contributed by atoms with Crippen molar-refractivity contribution >= 4 is 17.3 Å². The molecule has 0 unspecified atom stereocenters. The largest absolute Gasteiger partial charge is 0.323 e. The molecule has 68 valence electrons. The van der Waals surface area contributed by atoms with Gasteiger partial charge in [0.1, 0.15) is 5.82 Å². The van der Waals surface area contributed by atoms with Crippen LogP contribution in [0.2, 0.25) is 0 Å². The van der Waals surface area contributed by atoms with E-state index >= 15 is 0 Å². The van der Waals surface area contributed by atoms with Crippen LogP contribution in [0.25, 0.3) is 0 Å². The van der Waals surface area contributed by atoms with Crippen LogP contribution >= 0.6 is 0 Å². The smallest absolute Gasteiger partial charge is 0.228 e. The van der Waals surface area contributed by atoms with Crippen molar-refractivity contribution in [3.05, 3.63) is 23.5 Å². The van der Waals surface area contributed by atoms with Crippen molar-refractivity contribution in [2.75, 3.05) is 10.8 Å². The Morgan fingerprint density at radius 2 is 2.31 bits per heavy atom. The number of carbonyl (C=O) groups is 1. The predicted octanol–water partition coefficient (Wildman–Crippen LogP) is 1.12. The zero-order chi connectivity index (χ0) is 9.42. The minimum atomic E-state index is -0.542. The SMILES string of the molecule is O=C1Cc2cc(NO)cc(F)c2N1. The second kappa shape index (κ2) is 2.70. The van der Waals surface area contributed by atoms with Crippen molar-refractivity contribution in [2.24, 2.45) is 0 Å². The van der Waals surface area contributed by atoms with Crippen LogP contribution in [0.5, 0.6) is 0 Å². The average Bonchev–Trinajstić information content (AvgIpc) is 2.46. The van der Waals surface area contributed by atoms with Gasteiger partial charge < -0.3 is 5.32 Å². The third kappa shape index (κ3) is 1.23. The Balaban J connectivity index is 2.52. The van der Waals surface area contributed by atoms with Crippen LogP contribution in [-0.4, -0.2) is 11.1 Å². The summed E-state index contributed by atoms with van der Waals surface area (Å²) in [5, 5.41) is 10.9. The Morgan fingerprint density at radius 1 is 1.54 bits per heavy atom. The molecule has 3 N–H and O–H groups in total. The molecule has 0 bridgehead atoms. The van der Waals surface area contributed by atoms with Gasteiger partial charge in [0.25, 0.3) is 0 Å². The number of nitrogens with one attached hydrogen (secondary N) is 2. The minimum absolute atomic E-state index is 0.155. The highest BCUT2D eigenvalue weighted by Gasteiger charge is 2.21. The molecule has 0 fully saturated rings. The zero-order valence-corrected chi connectivity index (χ0v) is 6.60. The van der Waals surface area contributed by atoms with Gasteiger partial charge in [-0.2, -0.15) is 0 Å². The number of fused-ring (bicyclic) bond motifs is 1. The third-order valence-corrected chi connectivity index (χ3v) is 1.92. The van der Waals surface area contributed by atoms with E-state index in [1.54, 1.807) is 0 Å². The summed E-state index contributed by atoms with van der Waals surface area (Å²) in [6, 6.07) is 2.64. The summed E-state index contributed by atoms with van der Waals surface area (Å²) in [7, 11) is 0. The summed E-state index contributed by atoms with van der Waals surface area (Å²) in [5.41, 5.74) is 2.85. The summed E-state index contributed by atoms with van der Waals surface area (Å²) in [4.78, 5) is 10.9. The lowest BCUT2D eigenvalue weighted by molar-refractivity contribution is -0.115. The van der Waals surface area contributed by atoms with Crippen molar-refractivity contribution in [2.45, 2.75) is 6.42 Å². The van der Waals surface area contributed by atoms with Crippen LogP contribution in [-0.2, 0) is 11.2 Å². The fourth-order valence-corrected chi connectivity index (χ4v) is 1.36. The van der Waals surface area contributed by atoms with Gasteiger partial charge in [-0.25, -0.2) is 4.39 Å². The third-order valence-electron chi connectivity index (χ3n) is 1.92. The van der Waals surface area contributed by atoms with E-state index in [2.05, 4.69) is 5.32 Å². The van der Waals surface area contributed by atoms with E-state index in [4.69, 9.17) is 5.21 Å². The van der Waals surface area contributed by atoms with Gasteiger partial charge in [-0.3, -0.25) is 15.5 Å². The summed E-state index contributed by atoms with van der Waals surface area (Å²) in [6.45, 7) is 0. The maximum absolute atomic E-state index is 13.1. The summed E-state index contributed by atoms with van der Waals surface area (Å²) in [6.07, 6.45) is 0.155. The average molecular weight is 182 g/mol. The number of rotatable bonds is 1. The van der Waals surface area contributed by atoms with Crippen molar-refractivity contribution in [1.29, 1.82) is 0 Å². The highest BCUT2D eigenvalue weighted by Crippen LogP contribution is 2.29. The first-order valence-electron chi connectivity index (χ1n) is 3.73. The number of benzene rings is 1.